The Hall–Kier alpha value is -1.06. The number of rotatable bonds is 9. The maximum atomic E-state index is 14.2. The van der Waals surface area contributed by atoms with Gasteiger partial charge >= 0.3 is 0 Å². The molecule has 31 heavy (non-hydrogen) atoms. The molecule has 3 rings (SSSR count). The monoisotopic (exact) mass is 440 g/mol. The van der Waals surface area contributed by atoms with Crippen molar-refractivity contribution >= 4 is 0 Å². The van der Waals surface area contributed by atoms with Crippen molar-refractivity contribution in [3.05, 3.63) is 34.9 Å². The molecule has 0 aromatic heterocycles. The molecule has 176 valence electrons. The summed E-state index contributed by atoms with van der Waals surface area (Å²) in [5.74, 6) is -3.22. The van der Waals surface area contributed by atoms with Crippen molar-refractivity contribution in [3.63, 3.8) is 0 Å². The SMILES string of the molecule is CCCCCCCC1CCC(C2CCC(c3cc(F)c(C(C)(F)F)c(F)c3)CC2)CC1. The molecule has 0 N–H and O–H groups in total. The summed E-state index contributed by atoms with van der Waals surface area (Å²) in [4.78, 5) is 0. The third-order valence-electron chi connectivity index (χ3n) is 8.02. The maximum Gasteiger partial charge on any atom is 0.276 e. The fourth-order valence-electron chi connectivity index (χ4n) is 6.16. The van der Waals surface area contributed by atoms with E-state index in [1.165, 1.54) is 64.2 Å². The molecule has 0 saturated heterocycles. The Morgan fingerprint density at radius 2 is 1.29 bits per heavy atom. The van der Waals surface area contributed by atoms with E-state index < -0.39 is 23.1 Å². The number of hydrogen-bond donors (Lipinski definition) is 0. The van der Waals surface area contributed by atoms with Crippen LogP contribution in [-0.4, -0.2) is 0 Å². The van der Waals surface area contributed by atoms with E-state index in [0.717, 1.165) is 55.6 Å². The van der Waals surface area contributed by atoms with Crippen molar-refractivity contribution in [1.29, 1.82) is 0 Å². The molecule has 0 nitrogen and oxygen atoms in total. The molecule has 0 amide bonds. The summed E-state index contributed by atoms with van der Waals surface area (Å²) in [6, 6.07) is 2.29. The zero-order valence-electron chi connectivity index (χ0n) is 19.4. The van der Waals surface area contributed by atoms with Crippen LogP contribution in [0.5, 0.6) is 0 Å². The summed E-state index contributed by atoms with van der Waals surface area (Å²) in [5, 5.41) is 0. The Bertz CT molecular complexity index is 654. The summed E-state index contributed by atoms with van der Waals surface area (Å²) in [6.45, 7) is 2.80. The Balaban J connectivity index is 1.44. The highest BCUT2D eigenvalue weighted by Crippen LogP contribution is 2.45. The van der Waals surface area contributed by atoms with Crippen LogP contribution in [-0.2, 0) is 5.92 Å². The van der Waals surface area contributed by atoms with Crippen LogP contribution in [0.4, 0.5) is 17.6 Å². The average molecular weight is 441 g/mol. The van der Waals surface area contributed by atoms with Gasteiger partial charge in [-0.3, -0.25) is 0 Å². The fourth-order valence-corrected chi connectivity index (χ4v) is 6.16. The van der Waals surface area contributed by atoms with Crippen LogP contribution < -0.4 is 0 Å². The van der Waals surface area contributed by atoms with Gasteiger partial charge in [0.15, 0.2) is 0 Å². The summed E-state index contributed by atoms with van der Waals surface area (Å²) in [7, 11) is 0. The highest BCUT2D eigenvalue weighted by molar-refractivity contribution is 5.31. The lowest BCUT2D eigenvalue weighted by atomic mass is 9.68. The van der Waals surface area contributed by atoms with Gasteiger partial charge in [0.25, 0.3) is 5.92 Å². The van der Waals surface area contributed by atoms with Gasteiger partial charge in [-0.1, -0.05) is 58.3 Å². The molecule has 0 aliphatic heterocycles. The molecule has 2 fully saturated rings. The second-order valence-electron chi connectivity index (χ2n) is 10.3. The molecule has 0 atom stereocenters. The number of benzene rings is 1. The lowest BCUT2D eigenvalue weighted by Crippen LogP contribution is -2.25. The first kappa shape index (κ1) is 24.6. The molecule has 4 heteroatoms. The third-order valence-corrected chi connectivity index (χ3v) is 8.02. The van der Waals surface area contributed by atoms with Crippen molar-refractivity contribution in [1.82, 2.24) is 0 Å². The number of unbranched alkanes of at least 4 members (excludes halogenated alkanes) is 4. The van der Waals surface area contributed by atoms with E-state index in [-0.39, 0.29) is 5.92 Å². The summed E-state index contributed by atoms with van der Waals surface area (Å²) >= 11 is 0. The minimum Gasteiger partial charge on any atom is -0.206 e. The van der Waals surface area contributed by atoms with Crippen LogP contribution in [0, 0.1) is 29.4 Å². The van der Waals surface area contributed by atoms with Crippen LogP contribution in [0.3, 0.4) is 0 Å². The molecule has 2 aliphatic rings. The zero-order chi connectivity index (χ0) is 22.4. The summed E-state index contributed by atoms with van der Waals surface area (Å²) < 4.78 is 55.3. The Labute approximate surface area is 186 Å². The lowest BCUT2D eigenvalue weighted by molar-refractivity contribution is 0.00977. The highest BCUT2D eigenvalue weighted by atomic mass is 19.3. The van der Waals surface area contributed by atoms with Crippen LogP contribution in [0.25, 0.3) is 0 Å². The van der Waals surface area contributed by atoms with Crippen LogP contribution in [0.15, 0.2) is 12.1 Å². The van der Waals surface area contributed by atoms with E-state index in [0.29, 0.717) is 12.5 Å². The van der Waals surface area contributed by atoms with Crippen LogP contribution >= 0.6 is 0 Å². The minimum absolute atomic E-state index is 0.0826. The minimum atomic E-state index is -3.50. The summed E-state index contributed by atoms with van der Waals surface area (Å²) in [5.41, 5.74) is -0.555. The van der Waals surface area contributed by atoms with Crippen molar-refractivity contribution in [2.45, 2.75) is 116 Å². The van der Waals surface area contributed by atoms with Gasteiger partial charge in [0.05, 0.1) is 5.56 Å². The second-order valence-corrected chi connectivity index (χ2v) is 10.3. The third kappa shape index (κ3) is 6.71. The van der Waals surface area contributed by atoms with Gasteiger partial charge in [0.1, 0.15) is 11.6 Å². The maximum absolute atomic E-state index is 14.2. The standard InChI is InChI=1S/C27H40F4/c1-3-4-5-6-7-8-19-9-11-20(12-10-19)21-13-15-22(16-14-21)23-17-24(28)26(25(29)18-23)27(2,30)31/h17-22H,3-16H2,1-2H3. The lowest BCUT2D eigenvalue weighted by Gasteiger charge is -2.38. The van der Waals surface area contributed by atoms with Crippen molar-refractivity contribution < 1.29 is 17.6 Å². The fraction of sp³-hybridized carbons (Fsp3) is 0.778. The van der Waals surface area contributed by atoms with E-state index in [4.69, 9.17) is 0 Å². The van der Waals surface area contributed by atoms with Gasteiger partial charge in [-0.15, -0.1) is 0 Å². The van der Waals surface area contributed by atoms with E-state index in [1.54, 1.807) is 0 Å². The van der Waals surface area contributed by atoms with E-state index in [2.05, 4.69) is 6.92 Å². The predicted molar refractivity (Wildman–Crippen MR) is 119 cm³/mol. The van der Waals surface area contributed by atoms with Crippen molar-refractivity contribution in [2.75, 3.05) is 0 Å². The molecule has 0 spiro atoms. The molecule has 0 bridgehead atoms. The van der Waals surface area contributed by atoms with Gasteiger partial charge < -0.3 is 0 Å². The molecule has 2 aliphatic carbocycles. The quantitative estimate of drug-likeness (QED) is 0.265. The Morgan fingerprint density at radius 3 is 1.81 bits per heavy atom. The first-order chi connectivity index (χ1) is 14.8. The van der Waals surface area contributed by atoms with Gasteiger partial charge in [0, 0.05) is 6.92 Å². The first-order valence-corrected chi connectivity index (χ1v) is 12.7. The highest BCUT2D eigenvalue weighted by Gasteiger charge is 2.35. The molecular formula is C27H40F4. The van der Waals surface area contributed by atoms with Crippen molar-refractivity contribution in [3.8, 4) is 0 Å². The molecule has 0 unspecified atom stereocenters. The molecule has 0 heterocycles. The Kier molecular flexibility index (Phi) is 8.87. The topological polar surface area (TPSA) is 0 Å². The predicted octanol–water partition coefficient (Wildman–Crippen LogP) is 9.52. The first-order valence-electron chi connectivity index (χ1n) is 12.7. The van der Waals surface area contributed by atoms with Gasteiger partial charge in [-0.2, -0.15) is 0 Å². The Morgan fingerprint density at radius 1 is 0.774 bits per heavy atom. The van der Waals surface area contributed by atoms with E-state index >= 15 is 0 Å². The average Bonchev–Trinajstić information content (AvgIpc) is 2.73. The number of alkyl halides is 2. The largest absolute Gasteiger partial charge is 0.276 e. The smallest absolute Gasteiger partial charge is 0.206 e. The van der Waals surface area contributed by atoms with Gasteiger partial charge in [-0.25, -0.2) is 17.6 Å². The molecule has 0 radical (unpaired) electrons. The van der Waals surface area contributed by atoms with Crippen LogP contribution in [0.2, 0.25) is 0 Å². The number of hydrogen-bond acceptors (Lipinski definition) is 0. The molecule has 2 saturated carbocycles. The van der Waals surface area contributed by atoms with Crippen molar-refractivity contribution in [2.24, 2.45) is 17.8 Å². The van der Waals surface area contributed by atoms with Gasteiger partial charge in [0.2, 0.25) is 0 Å². The zero-order valence-corrected chi connectivity index (χ0v) is 19.4. The summed E-state index contributed by atoms with van der Waals surface area (Å²) in [6.07, 6.45) is 17.6. The van der Waals surface area contributed by atoms with Gasteiger partial charge in [-0.05, 0) is 79.9 Å². The molecular weight excluding hydrogens is 400 g/mol. The normalized spacial score (nSPS) is 27.4. The number of halogens is 4. The molecule has 1 aromatic rings. The van der Waals surface area contributed by atoms with E-state index in [9.17, 15) is 17.6 Å². The van der Waals surface area contributed by atoms with Crippen LogP contribution in [0.1, 0.15) is 121 Å². The molecule has 1 aromatic carbocycles. The van der Waals surface area contributed by atoms with E-state index in [1.807, 2.05) is 0 Å². The second kappa shape index (κ2) is 11.2.